The molecule has 17 heavy (non-hydrogen) atoms. The van der Waals surface area contributed by atoms with Crippen LogP contribution in [-0.4, -0.2) is 15.6 Å². The lowest BCUT2D eigenvalue weighted by Gasteiger charge is -2.02. The van der Waals surface area contributed by atoms with Crippen LogP contribution in [0.15, 0.2) is 30.5 Å². The summed E-state index contributed by atoms with van der Waals surface area (Å²) < 4.78 is 27.3. The van der Waals surface area contributed by atoms with Gasteiger partial charge in [0.25, 0.3) is 0 Å². The number of aryl methyl sites for hydroxylation is 1. The van der Waals surface area contributed by atoms with Gasteiger partial charge in [-0.25, -0.2) is 8.78 Å². The van der Waals surface area contributed by atoms with Crippen molar-refractivity contribution in [2.45, 2.75) is 6.42 Å². The molecule has 0 saturated heterocycles. The van der Waals surface area contributed by atoms with Crippen molar-refractivity contribution in [2.75, 3.05) is 0 Å². The summed E-state index contributed by atoms with van der Waals surface area (Å²) in [7, 11) is 1.64. The Bertz CT molecular complexity index is 543. The van der Waals surface area contributed by atoms with E-state index >= 15 is 0 Å². The van der Waals surface area contributed by atoms with Gasteiger partial charge in [0.05, 0.1) is 0 Å². The van der Waals surface area contributed by atoms with E-state index in [0.29, 0.717) is 11.3 Å². The number of Topliss-reactive ketones (excluding diaryl/α,β-unsaturated/α-hetero) is 1. The Morgan fingerprint density at radius 2 is 1.94 bits per heavy atom. The summed E-state index contributed by atoms with van der Waals surface area (Å²) in [5.41, 5.74) is 0.725. The van der Waals surface area contributed by atoms with Crippen molar-refractivity contribution in [3.05, 3.63) is 53.4 Å². The van der Waals surface area contributed by atoms with E-state index in [1.807, 2.05) is 0 Å². The molecule has 0 N–H and O–H groups in total. The Morgan fingerprint density at radius 1 is 1.29 bits per heavy atom. The van der Waals surface area contributed by atoms with Crippen LogP contribution in [0.5, 0.6) is 0 Å². The van der Waals surface area contributed by atoms with Crippen LogP contribution in [0.25, 0.3) is 0 Å². The van der Waals surface area contributed by atoms with Gasteiger partial charge in [-0.15, -0.1) is 0 Å². The molecule has 0 aliphatic rings. The highest BCUT2D eigenvalue weighted by molar-refractivity contribution is 5.95. The summed E-state index contributed by atoms with van der Waals surface area (Å²) in [4.78, 5) is 11.8. The van der Waals surface area contributed by atoms with Crippen LogP contribution >= 0.6 is 0 Å². The van der Waals surface area contributed by atoms with Crippen LogP contribution in [0, 0.1) is 11.6 Å². The van der Waals surface area contributed by atoms with Crippen molar-refractivity contribution >= 4 is 5.78 Å². The first-order valence-corrected chi connectivity index (χ1v) is 5.02. The quantitative estimate of drug-likeness (QED) is 0.765. The van der Waals surface area contributed by atoms with Crippen LogP contribution in [0.3, 0.4) is 0 Å². The number of ketones is 1. The lowest BCUT2D eigenvalue weighted by Crippen LogP contribution is -2.10. The summed E-state index contributed by atoms with van der Waals surface area (Å²) >= 11 is 0. The minimum atomic E-state index is -0.683. The molecular weight excluding hydrogens is 226 g/mol. The predicted molar refractivity (Wildman–Crippen MR) is 57.6 cm³/mol. The van der Waals surface area contributed by atoms with Gasteiger partial charge in [-0.3, -0.25) is 9.48 Å². The summed E-state index contributed by atoms with van der Waals surface area (Å²) in [6.07, 6.45) is 1.45. The smallest absolute Gasteiger partial charge is 0.185 e. The number of carbonyl (C=O) groups is 1. The van der Waals surface area contributed by atoms with E-state index in [2.05, 4.69) is 5.10 Å². The second-order valence-electron chi connectivity index (χ2n) is 3.72. The molecule has 0 unspecified atom stereocenters. The predicted octanol–water partition coefficient (Wildman–Crippen LogP) is 2.12. The molecule has 1 aromatic carbocycles. The van der Waals surface area contributed by atoms with Gasteiger partial charge in [-0.05, 0) is 23.8 Å². The van der Waals surface area contributed by atoms with Crippen LogP contribution < -0.4 is 0 Å². The largest absolute Gasteiger partial charge is 0.292 e. The van der Waals surface area contributed by atoms with E-state index in [0.717, 1.165) is 18.2 Å². The normalized spacial score (nSPS) is 10.5. The van der Waals surface area contributed by atoms with Gasteiger partial charge in [0, 0.05) is 25.7 Å². The third-order valence-corrected chi connectivity index (χ3v) is 2.39. The van der Waals surface area contributed by atoms with E-state index in [1.165, 1.54) is 10.9 Å². The van der Waals surface area contributed by atoms with Crippen molar-refractivity contribution in [2.24, 2.45) is 7.05 Å². The van der Waals surface area contributed by atoms with Crippen LogP contribution in [0.4, 0.5) is 8.78 Å². The molecule has 0 amide bonds. The van der Waals surface area contributed by atoms with E-state index < -0.39 is 11.6 Å². The molecule has 3 nitrogen and oxygen atoms in total. The Labute approximate surface area is 96.7 Å². The molecule has 0 bridgehead atoms. The zero-order valence-electron chi connectivity index (χ0n) is 9.15. The van der Waals surface area contributed by atoms with Crippen LogP contribution in [0.2, 0.25) is 0 Å². The monoisotopic (exact) mass is 236 g/mol. The fourth-order valence-electron chi connectivity index (χ4n) is 1.64. The number of hydrogen-bond acceptors (Lipinski definition) is 2. The molecule has 0 saturated carbocycles. The van der Waals surface area contributed by atoms with Gasteiger partial charge in [0.15, 0.2) is 5.78 Å². The Kier molecular flexibility index (Phi) is 2.99. The number of aromatic nitrogens is 2. The maximum absolute atomic E-state index is 12.9. The number of halogens is 2. The van der Waals surface area contributed by atoms with Crippen molar-refractivity contribution in [3.8, 4) is 0 Å². The number of carbonyl (C=O) groups excluding carboxylic acids is 1. The Morgan fingerprint density at radius 3 is 2.47 bits per heavy atom. The van der Waals surface area contributed by atoms with E-state index in [1.54, 1.807) is 13.1 Å². The topological polar surface area (TPSA) is 34.9 Å². The number of nitrogens with zero attached hydrogens (tertiary/aromatic N) is 2. The molecule has 88 valence electrons. The fraction of sp³-hybridized carbons (Fsp3) is 0.167. The molecule has 0 atom stereocenters. The summed E-state index contributed by atoms with van der Waals surface area (Å²) in [6, 6.07) is 4.64. The lowest BCUT2D eigenvalue weighted by molar-refractivity contribution is 0.0984. The molecule has 2 rings (SSSR count). The molecule has 0 spiro atoms. The minimum Gasteiger partial charge on any atom is -0.292 e. The van der Waals surface area contributed by atoms with E-state index in [-0.39, 0.29) is 12.2 Å². The van der Waals surface area contributed by atoms with Crippen LogP contribution in [0.1, 0.15) is 16.1 Å². The molecule has 1 aromatic heterocycles. The first-order valence-electron chi connectivity index (χ1n) is 5.02. The Balaban J connectivity index is 2.21. The van der Waals surface area contributed by atoms with Crippen molar-refractivity contribution < 1.29 is 13.6 Å². The molecule has 1 heterocycles. The van der Waals surface area contributed by atoms with E-state index in [9.17, 15) is 13.6 Å². The third-order valence-electron chi connectivity index (χ3n) is 2.39. The van der Waals surface area contributed by atoms with Crippen LogP contribution in [-0.2, 0) is 13.5 Å². The summed E-state index contributed by atoms with van der Waals surface area (Å²) in [5.74, 6) is -1.59. The molecular formula is C12H10F2N2O. The highest BCUT2D eigenvalue weighted by Gasteiger charge is 2.12. The van der Waals surface area contributed by atoms with Crippen molar-refractivity contribution in [3.63, 3.8) is 0 Å². The molecule has 0 fully saturated rings. The number of hydrogen-bond donors (Lipinski definition) is 0. The molecule has 5 heteroatoms. The average Bonchev–Trinajstić information content (AvgIpc) is 2.62. The van der Waals surface area contributed by atoms with Gasteiger partial charge in [-0.1, -0.05) is 0 Å². The average molecular weight is 236 g/mol. The van der Waals surface area contributed by atoms with Gasteiger partial charge >= 0.3 is 0 Å². The molecule has 2 aromatic rings. The first kappa shape index (κ1) is 11.4. The number of rotatable bonds is 3. The number of benzene rings is 1. The summed E-state index contributed by atoms with van der Waals surface area (Å²) in [5, 5.41) is 3.86. The molecule has 0 aliphatic heterocycles. The van der Waals surface area contributed by atoms with Gasteiger partial charge < -0.3 is 0 Å². The van der Waals surface area contributed by atoms with Gasteiger partial charge in [0.2, 0.25) is 0 Å². The van der Waals surface area contributed by atoms with Gasteiger partial charge in [0.1, 0.15) is 17.3 Å². The minimum absolute atomic E-state index is 0.0474. The molecule has 0 aliphatic carbocycles. The fourth-order valence-corrected chi connectivity index (χ4v) is 1.64. The lowest BCUT2D eigenvalue weighted by atomic mass is 10.1. The maximum Gasteiger partial charge on any atom is 0.185 e. The maximum atomic E-state index is 12.9. The second-order valence-corrected chi connectivity index (χ2v) is 3.72. The summed E-state index contributed by atoms with van der Waals surface area (Å²) in [6.45, 7) is 0. The Hall–Kier alpha value is -2.04. The van der Waals surface area contributed by atoms with Crippen molar-refractivity contribution in [1.82, 2.24) is 9.78 Å². The highest BCUT2D eigenvalue weighted by Crippen LogP contribution is 2.11. The van der Waals surface area contributed by atoms with Crippen molar-refractivity contribution in [1.29, 1.82) is 0 Å². The SMILES string of the molecule is Cn1nccc1C(=O)Cc1cc(F)cc(F)c1. The third kappa shape index (κ3) is 2.55. The second kappa shape index (κ2) is 4.45. The highest BCUT2D eigenvalue weighted by atomic mass is 19.1. The zero-order valence-corrected chi connectivity index (χ0v) is 9.15. The van der Waals surface area contributed by atoms with E-state index in [4.69, 9.17) is 0 Å². The van der Waals surface area contributed by atoms with Gasteiger partial charge in [-0.2, -0.15) is 5.10 Å². The standard InChI is InChI=1S/C12H10F2N2O/c1-16-11(2-3-15-16)12(17)6-8-4-9(13)7-10(14)5-8/h2-5,7H,6H2,1H3. The molecule has 0 radical (unpaired) electrons. The first-order chi connectivity index (χ1) is 8.06. The zero-order chi connectivity index (χ0) is 12.4.